The van der Waals surface area contributed by atoms with Crippen molar-refractivity contribution in [3.63, 3.8) is 0 Å². The van der Waals surface area contributed by atoms with Crippen molar-refractivity contribution >= 4 is 17.4 Å². The maximum absolute atomic E-state index is 11.9. The van der Waals surface area contributed by atoms with Crippen LogP contribution >= 0.6 is 0 Å². The number of hydrogen-bond acceptors (Lipinski definition) is 6. The summed E-state index contributed by atoms with van der Waals surface area (Å²) in [5, 5.41) is 14.5. The number of aromatic nitrogens is 1. The van der Waals surface area contributed by atoms with Gasteiger partial charge < -0.3 is 25.2 Å². The molecule has 1 amide bonds. The molecule has 0 bridgehead atoms. The number of amides is 1. The molecule has 0 saturated heterocycles. The molecule has 0 aliphatic rings. The first kappa shape index (κ1) is 18.7. The Morgan fingerprint density at radius 1 is 1.08 bits per heavy atom. The van der Waals surface area contributed by atoms with Gasteiger partial charge in [-0.15, -0.1) is 0 Å². The van der Waals surface area contributed by atoms with Crippen molar-refractivity contribution in [2.75, 3.05) is 43.6 Å². The third-order valence-corrected chi connectivity index (χ3v) is 3.18. The first-order valence-corrected chi connectivity index (χ1v) is 8.14. The number of rotatable bonds is 11. The summed E-state index contributed by atoms with van der Waals surface area (Å²) >= 11 is 0. The van der Waals surface area contributed by atoms with Crippen LogP contribution in [0, 0.1) is 0 Å². The lowest BCUT2D eigenvalue weighted by atomic mass is 10.3. The Labute approximate surface area is 147 Å². The SMILES string of the molecule is O=C(CCOc1ccccc1)Nc1ccc(NCCOCCO)nc1. The molecule has 0 radical (unpaired) electrons. The van der Waals surface area contributed by atoms with Gasteiger partial charge in [-0.25, -0.2) is 4.98 Å². The van der Waals surface area contributed by atoms with Crippen molar-refractivity contribution in [1.82, 2.24) is 4.98 Å². The van der Waals surface area contributed by atoms with Crippen LogP contribution < -0.4 is 15.4 Å². The minimum Gasteiger partial charge on any atom is -0.493 e. The number of aliphatic hydroxyl groups excluding tert-OH is 1. The number of hydrogen-bond donors (Lipinski definition) is 3. The number of para-hydroxylation sites is 1. The van der Waals surface area contributed by atoms with Crippen molar-refractivity contribution in [2.24, 2.45) is 0 Å². The van der Waals surface area contributed by atoms with Gasteiger partial charge in [0.2, 0.25) is 5.91 Å². The van der Waals surface area contributed by atoms with Crippen LogP contribution in [0.4, 0.5) is 11.5 Å². The number of ether oxygens (including phenoxy) is 2. The quantitative estimate of drug-likeness (QED) is 0.539. The predicted molar refractivity (Wildman–Crippen MR) is 95.8 cm³/mol. The standard InChI is InChI=1S/C18H23N3O4/c22-10-13-24-12-9-19-17-7-6-15(14-20-17)21-18(23)8-11-25-16-4-2-1-3-5-16/h1-7,14,22H,8-13H2,(H,19,20)(H,21,23). The number of benzene rings is 1. The second-order valence-electron chi connectivity index (χ2n) is 5.15. The summed E-state index contributed by atoms with van der Waals surface area (Å²) in [5.41, 5.74) is 0.631. The van der Waals surface area contributed by atoms with Gasteiger partial charge in [-0.3, -0.25) is 4.79 Å². The van der Waals surface area contributed by atoms with Crippen LogP contribution in [0.3, 0.4) is 0 Å². The van der Waals surface area contributed by atoms with Crippen LogP contribution in [-0.4, -0.2) is 49.0 Å². The third-order valence-electron chi connectivity index (χ3n) is 3.18. The van der Waals surface area contributed by atoms with Crippen molar-refractivity contribution in [2.45, 2.75) is 6.42 Å². The average molecular weight is 345 g/mol. The van der Waals surface area contributed by atoms with E-state index >= 15 is 0 Å². The van der Waals surface area contributed by atoms with E-state index in [1.54, 1.807) is 18.3 Å². The second-order valence-corrected chi connectivity index (χ2v) is 5.15. The van der Waals surface area contributed by atoms with Crippen molar-refractivity contribution in [1.29, 1.82) is 0 Å². The highest BCUT2D eigenvalue weighted by molar-refractivity contribution is 5.90. The summed E-state index contributed by atoms with van der Waals surface area (Å²) in [5.74, 6) is 1.31. The summed E-state index contributed by atoms with van der Waals surface area (Å²) in [7, 11) is 0. The van der Waals surface area contributed by atoms with Crippen LogP contribution in [0.15, 0.2) is 48.7 Å². The van der Waals surface area contributed by atoms with E-state index in [1.165, 1.54) is 0 Å². The highest BCUT2D eigenvalue weighted by Crippen LogP contribution is 2.11. The average Bonchev–Trinajstić information content (AvgIpc) is 2.64. The van der Waals surface area contributed by atoms with Crippen LogP contribution in [0.25, 0.3) is 0 Å². The molecule has 0 spiro atoms. The Balaban J connectivity index is 1.65. The number of aliphatic hydroxyl groups is 1. The third kappa shape index (κ3) is 7.65. The largest absolute Gasteiger partial charge is 0.493 e. The fraction of sp³-hybridized carbons (Fsp3) is 0.333. The maximum atomic E-state index is 11.9. The first-order valence-electron chi connectivity index (χ1n) is 8.14. The highest BCUT2D eigenvalue weighted by Gasteiger charge is 2.04. The topological polar surface area (TPSA) is 92.7 Å². The zero-order valence-electron chi connectivity index (χ0n) is 14.0. The van der Waals surface area contributed by atoms with E-state index in [4.69, 9.17) is 14.6 Å². The Hall–Kier alpha value is -2.64. The van der Waals surface area contributed by atoms with Gasteiger partial charge in [0.25, 0.3) is 0 Å². The van der Waals surface area contributed by atoms with Gasteiger partial charge >= 0.3 is 0 Å². The number of anilines is 2. The van der Waals surface area contributed by atoms with Gasteiger partial charge in [-0.05, 0) is 24.3 Å². The minimum atomic E-state index is -0.129. The lowest BCUT2D eigenvalue weighted by Crippen LogP contribution is -2.15. The van der Waals surface area contributed by atoms with Crippen LogP contribution in [-0.2, 0) is 9.53 Å². The van der Waals surface area contributed by atoms with Gasteiger partial charge in [0, 0.05) is 6.54 Å². The molecule has 0 fully saturated rings. The van der Waals surface area contributed by atoms with E-state index in [2.05, 4.69) is 15.6 Å². The fourth-order valence-corrected chi connectivity index (χ4v) is 1.99. The summed E-state index contributed by atoms with van der Waals surface area (Å²) in [6.07, 6.45) is 1.85. The molecule has 2 rings (SSSR count). The Morgan fingerprint density at radius 3 is 2.64 bits per heavy atom. The van der Waals surface area contributed by atoms with Gasteiger partial charge in [0.05, 0.1) is 44.7 Å². The number of nitrogens with zero attached hydrogens (tertiary/aromatic N) is 1. The van der Waals surface area contributed by atoms with E-state index in [-0.39, 0.29) is 18.9 Å². The molecule has 0 unspecified atom stereocenters. The molecule has 7 heteroatoms. The fourth-order valence-electron chi connectivity index (χ4n) is 1.99. The molecule has 7 nitrogen and oxygen atoms in total. The zero-order valence-corrected chi connectivity index (χ0v) is 14.0. The lowest BCUT2D eigenvalue weighted by molar-refractivity contribution is -0.116. The zero-order chi connectivity index (χ0) is 17.7. The number of pyridine rings is 1. The molecule has 1 heterocycles. The normalized spacial score (nSPS) is 10.3. The Bertz CT molecular complexity index is 620. The molecule has 0 aliphatic carbocycles. The van der Waals surface area contributed by atoms with Gasteiger partial charge in [-0.1, -0.05) is 18.2 Å². The first-order chi connectivity index (χ1) is 12.3. The maximum Gasteiger partial charge on any atom is 0.227 e. The van der Waals surface area contributed by atoms with Gasteiger partial charge in [0.1, 0.15) is 11.6 Å². The smallest absolute Gasteiger partial charge is 0.227 e. The van der Waals surface area contributed by atoms with E-state index in [1.807, 2.05) is 30.3 Å². The Kier molecular flexibility index (Phi) is 8.23. The molecule has 0 saturated carbocycles. The highest BCUT2D eigenvalue weighted by atomic mass is 16.5. The summed E-state index contributed by atoms with van der Waals surface area (Å²) in [4.78, 5) is 16.1. The molecule has 134 valence electrons. The molecule has 1 aromatic heterocycles. The molecule has 0 atom stereocenters. The number of carbonyl (C=O) groups is 1. The molecular weight excluding hydrogens is 322 g/mol. The molecule has 1 aromatic carbocycles. The molecule has 0 aliphatic heterocycles. The molecule has 2 aromatic rings. The van der Waals surface area contributed by atoms with E-state index in [9.17, 15) is 4.79 Å². The van der Waals surface area contributed by atoms with E-state index in [0.717, 1.165) is 5.75 Å². The minimum absolute atomic E-state index is 0.0169. The molecular formula is C18H23N3O4. The molecule has 3 N–H and O–H groups in total. The lowest BCUT2D eigenvalue weighted by Gasteiger charge is -2.09. The summed E-state index contributed by atoms with van der Waals surface area (Å²) in [6, 6.07) is 12.9. The van der Waals surface area contributed by atoms with E-state index < -0.39 is 0 Å². The van der Waals surface area contributed by atoms with Crippen LogP contribution in [0.2, 0.25) is 0 Å². The predicted octanol–water partition coefficient (Wildman–Crippen LogP) is 1.91. The van der Waals surface area contributed by atoms with Crippen molar-refractivity contribution < 1.29 is 19.4 Å². The number of carbonyl (C=O) groups excluding carboxylic acids is 1. The summed E-state index contributed by atoms with van der Waals surface area (Å²) in [6.45, 7) is 1.74. The van der Waals surface area contributed by atoms with Gasteiger partial charge in [-0.2, -0.15) is 0 Å². The van der Waals surface area contributed by atoms with Gasteiger partial charge in [0.15, 0.2) is 0 Å². The van der Waals surface area contributed by atoms with Crippen LogP contribution in [0.5, 0.6) is 5.75 Å². The van der Waals surface area contributed by atoms with Crippen molar-refractivity contribution in [3.8, 4) is 5.75 Å². The van der Waals surface area contributed by atoms with Crippen molar-refractivity contribution in [3.05, 3.63) is 48.7 Å². The monoisotopic (exact) mass is 345 g/mol. The van der Waals surface area contributed by atoms with E-state index in [0.29, 0.717) is 37.9 Å². The second kappa shape index (κ2) is 11.0. The summed E-state index contributed by atoms with van der Waals surface area (Å²) < 4.78 is 10.6. The molecule has 25 heavy (non-hydrogen) atoms. The Morgan fingerprint density at radius 2 is 1.92 bits per heavy atom. The number of nitrogens with one attached hydrogen (secondary N) is 2. The van der Waals surface area contributed by atoms with Crippen LogP contribution in [0.1, 0.15) is 6.42 Å².